The Hall–Kier alpha value is -3.20. The van der Waals surface area contributed by atoms with Gasteiger partial charge in [0.15, 0.2) is 0 Å². The summed E-state index contributed by atoms with van der Waals surface area (Å²) in [6.45, 7) is 1.82. The van der Waals surface area contributed by atoms with Crippen molar-refractivity contribution in [3.05, 3.63) is 71.0 Å². The molecule has 2 aromatic rings. The van der Waals surface area contributed by atoms with Crippen LogP contribution < -0.4 is 0 Å². The van der Waals surface area contributed by atoms with Gasteiger partial charge in [-0.2, -0.15) is 5.26 Å². The highest BCUT2D eigenvalue weighted by atomic mass is 19.1. The van der Waals surface area contributed by atoms with Crippen LogP contribution in [0.2, 0.25) is 0 Å². The molecular weight excluding hydrogens is 333 g/mol. The Bertz CT molecular complexity index is 850. The maximum absolute atomic E-state index is 12.9. The molecule has 1 fully saturated rings. The smallest absolute Gasteiger partial charge is 0.254 e. The van der Waals surface area contributed by atoms with Gasteiger partial charge in [-0.1, -0.05) is 18.2 Å². The van der Waals surface area contributed by atoms with Crippen LogP contribution in [0.15, 0.2) is 48.5 Å². The second kappa shape index (κ2) is 7.79. The maximum Gasteiger partial charge on any atom is 0.254 e. The van der Waals surface area contributed by atoms with Crippen LogP contribution in [0, 0.1) is 17.1 Å². The Morgan fingerprint density at radius 3 is 2.31 bits per heavy atom. The normalized spacial score (nSPS) is 14.0. The van der Waals surface area contributed by atoms with Crippen molar-refractivity contribution >= 4 is 11.8 Å². The molecule has 1 aliphatic heterocycles. The molecule has 0 bridgehead atoms. The number of nitrogens with zero attached hydrogens (tertiary/aromatic N) is 3. The molecule has 1 saturated heterocycles. The lowest BCUT2D eigenvalue weighted by molar-refractivity contribution is -0.131. The lowest BCUT2D eigenvalue weighted by Crippen LogP contribution is -2.51. The van der Waals surface area contributed by atoms with Crippen molar-refractivity contribution in [1.82, 2.24) is 9.80 Å². The molecule has 132 valence electrons. The van der Waals surface area contributed by atoms with Crippen molar-refractivity contribution < 1.29 is 14.0 Å². The van der Waals surface area contributed by atoms with Crippen LogP contribution in [0.25, 0.3) is 0 Å². The van der Waals surface area contributed by atoms with Crippen molar-refractivity contribution in [2.75, 3.05) is 26.2 Å². The van der Waals surface area contributed by atoms with Crippen LogP contribution in [0.1, 0.15) is 21.5 Å². The predicted octanol–water partition coefficient (Wildman–Crippen LogP) is 2.22. The molecule has 3 rings (SSSR count). The third-order valence-corrected chi connectivity index (χ3v) is 4.43. The average Bonchev–Trinajstić information content (AvgIpc) is 2.69. The van der Waals surface area contributed by atoms with E-state index in [1.54, 1.807) is 46.2 Å². The summed E-state index contributed by atoms with van der Waals surface area (Å²) in [6.07, 6.45) is 0.221. The van der Waals surface area contributed by atoms with Crippen molar-refractivity contribution in [3.8, 4) is 6.07 Å². The van der Waals surface area contributed by atoms with Crippen LogP contribution >= 0.6 is 0 Å². The minimum Gasteiger partial charge on any atom is -0.339 e. The van der Waals surface area contributed by atoms with Crippen LogP contribution in [0.5, 0.6) is 0 Å². The predicted molar refractivity (Wildman–Crippen MR) is 93.7 cm³/mol. The SMILES string of the molecule is N#Cc1cccc(C(=O)N2CCN(C(=O)Cc3ccc(F)cc3)CC2)c1. The highest BCUT2D eigenvalue weighted by Gasteiger charge is 2.25. The Morgan fingerprint density at radius 2 is 1.65 bits per heavy atom. The molecule has 5 nitrogen and oxygen atoms in total. The van der Waals surface area contributed by atoms with Gasteiger partial charge in [0.25, 0.3) is 5.91 Å². The summed E-state index contributed by atoms with van der Waals surface area (Å²) in [5, 5.41) is 8.95. The van der Waals surface area contributed by atoms with E-state index in [1.807, 2.05) is 6.07 Å². The molecule has 6 heteroatoms. The fourth-order valence-corrected chi connectivity index (χ4v) is 2.95. The molecule has 0 saturated carbocycles. The molecule has 0 spiro atoms. The molecule has 0 unspecified atom stereocenters. The van der Waals surface area contributed by atoms with E-state index in [1.165, 1.54) is 12.1 Å². The summed E-state index contributed by atoms with van der Waals surface area (Å²) in [6, 6.07) is 14.5. The molecule has 0 atom stereocenters. The molecular formula is C20H18FN3O2. The van der Waals surface area contributed by atoms with E-state index in [9.17, 15) is 14.0 Å². The fourth-order valence-electron chi connectivity index (χ4n) is 2.95. The standard InChI is InChI=1S/C20H18FN3O2/c21-18-6-4-15(5-7-18)13-19(25)23-8-10-24(11-9-23)20(26)17-3-1-2-16(12-17)14-22/h1-7,12H,8-11,13H2. The first-order valence-electron chi connectivity index (χ1n) is 8.38. The fraction of sp³-hybridized carbons (Fsp3) is 0.250. The summed E-state index contributed by atoms with van der Waals surface area (Å²) in [5.74, 6) is -0.489. The van der Waals surface area contributed by atoms with Gasteiger partial charge in [0.2, 0.25) is 5.91 Å². The van der Waals surface area contributed by atoms with E-state index in [-0.39, 0.29) is 24.1 Å². The first kappa shape index (κ1) is 17.6. The summed E-state index contributed by atoms with van der Waals surface area (Å²) >= 11 is 0. The van der Waals surface area contributed by atoms with E-state index >= 15 is 0 Å². The van der Waals surface area contributed by atoms with Gasteiger partial charge < -0.3 is 9.80 Å². The Labute approximate surface area is 151 Å². The van der Waals surface area contributed by atoms with E-state index in [0.29, 0.717) is 37.3 Å². The monoisotopic (exact) mass is 351 g/mol. The highest BCUT2D eigenvalue weighted by molar-refractivity contribution is 5.94. The molecule has 2 amide bonds. The molecule has 26 heavy (non-hydrogen) atoms. The van der Waals surface area contributed by atoms with Crippen LogP contribution in [0.3, 0.4) is 0 Å². The summed E-state index contributed by atoms with van der Waals surface area (Å²) in [5.41, 5.74) is 1.70. The minimum absolute atomic E-state index is 0.0322. The second-order valence-corrected chi connectivity index (χ2v) is 6.17. The van der Waals surface area contributed by atoms with Crippen molar-refractivity contribution in [1.29, 1.82) is 5.26 Å². The number of carbonyl (C=O) groups excluding carboxylic acids is 2. The molecule has 0 N–H and O–H groups in total. The van der Waals surface area contributed by atoms with Crippen LogP contribution in [0.4, 0.5) is 4.39 Å². The maximum atomic E-state index is 12.9. The van der Waals surface area contributed by atoms with Gasteiger partial charge in [-0.15, -0.1) is 0 Å². The zero-order valence-electron chi connectivity index (χ0n) is 14.2. The topological polar surface area (TPSA) is 64.4 Å². The number of nitriles is 1. The number of hydrogen-bond acceptors (Lipinski definition) is 3. The number of amides is 2. The van der Waals surface area contributed by atoms with Gasteiger partial charge in [-0.3, -0.25) is 9.59 Å². The zero-order valence-corrected chi connectivity index (χ0v) is 14.2. The molecule has 1 heterocycles. The molecule has 2 aromatic carbocycles. The van der Waals surface area contributed by atoms with Crippen LogP contribution in [-0.4, -0.2) is 47.8 Å². The quantitative estimate of drug-likeness (QED) is 0.852. The number of hydrogen-bond donors (Lipinski definition) is 0. The van der Waals surface area contributed by atoms with Gasteiger partial charge in [0, 0.05) is 31.7 Å². The van der Waals surface area contributed by atoms with Gasteiger partial charge in [0.1, 0.15) is 5.82 Å². The number of carbonyl (C=O) groups is 2. The highest BCUT2D eigenvalue weighted by Crippen LogP contribution is 2.12. The van der Waals surface area contributed by atoms with Gasteiger partial charge in [0.05, 0.1) is 18.1 Å². The largest absolute Gasteiger partial charge is 0.339 e. The number of benzene rings is 2. The van der Waals surface area contributed by atoms with Crippen LogP contribution in [-0.2, 0) is 11.2 Å². The second-order valence-electron chi connectivity index (χ2n) is 6.17. The van der Waals surface area contributed by atoms with E-state index in [4.69, 9.17) is 5.26 Å². The van der Waals surface area contributed by atoms with Gasteiger partial charge >= 0.3 is 0 Å². The molecule has 0 radical (unpaired) electrons. The van der Waals surface area contributed by atoms with E-state index in [2.05, 4.69) is 0 Å². The summed E-state index contributed by atoms with van der Waals surface area (Å²) < 4.78 is 12.9. The number of halogens is 1. The Kier molecular flexibility index (Phi) is 5.28. The first-order chi connectivity index (χ1) is 12.6. The lowest BCUT2D eigenvalue weighted by atomic mass is 10.1. The summed E-state index contributed by atoms with van der Waals surface area (Å²) in [4.78, 5) is 28.3. The van der Waals surface area contributed by atoms with E-state index in [0.717, 1.165) is 5.56 Å². The zero-order chi connectivity index (χ0) is 18.5. The summed E-state index contributed by atoms with van der Waals surface area (Å²) in [7, 11) is 0. The Balaban J connectivity index is 1.56. The van der Waals surface area contributed by atoms with Gasteiger partial charge in [-0.25, -0.2) is 4.39 Å². The molecule has 0 aliphatic carbocycles. The van der Waals surface area contributed by atoms with Crippen molar-refractivity contribution in [2.45, 2.75) is 6.42 Å². The van der Waals surface area contributed by atoms with E-state index < -0.39 is 0 Å². The molecule has 0 aromatic heterocycles. The van der Waals surface area contributed by atoms with Crippen molar-refractivity contribution in [3.63, 3.8) is 0 Å². The number of piperazine rings is 1. The molecule has 1 aliphatic rings. The lowest BCUT2D eigenvalue weighted by Gasteiger charge is -2.35. The third kappa shape index (κ3) is 4.06. The van der Waals surface area contributed by atoms with Gasteiger partial charge in [-0.05, 0) is 35.9 Å². The average molecular weight is 351 g/mol. The van der Waals surface area contributed by atoms with Crippen molar-refractivity contribution in [2.24, 2.45) is 0 Å². The third-order valence-electron chi connectivity index (χ3n) is 4.43. The first-order valence-corrected chi connectivity index (χ1v) is 8.38. The number of rotatable bonds is 3. The Morgan fingerprint density at radius 1 is 1.00 bits per heavy atom. The minimum atomic E-state index is -0.325.